The maximum absolute atomic E-state index is 9.95. The summed E-state index contributed by atoms with van der Waals surface area (Å²) in [5, 5.41) is 22.9. The molecule has 0 amide bonds. The van der Waals surface area contributed by atoms with Crippen LogP contribution in [-0.4, -0.2) is 10.2 Å². The van der Waals surface area contributed by atoms with Crippen LogP contribution in [0.1, 0.15) is 29.7 Å². The molecule has 0 aliphatic heterocycles. The molecule has 3 heteroatoms. The van der Waals surface area contributed by atoms with Crippen LogP contribution in [0.15, 0.2) is 36.4 Å². The van der Waals surface area contributed by atoms with Gasteiger partial charge in [-0.25, -0.2) is 0 Å². The van der Waals surface area contributed by atoms with Gasteiger partial charge in [0.05, 0.1) is 6.04 Å². The molecule has 2 aromatic carbocycles. The van der Waals surface area contributed by atoms with Gasteiger partial charge in [-0.15, -0.1) is 0 Å². The minimum Gasteiger partial charge on any atom is -0.508 e. The van der Waals surface area contributed by atoms with Crippen LogP contribution in [0, 0.1) is 13.8 Å². The van der Waals surface area contributed by atoms with Gasteiger partial charge < -0.3 is 15.5 Å². The Morgan fingerprint density at radius 2 is 1.68 bits per heavy atom. The number of hydrogen-bond donors (Lipinski definition) is 3. The van der Waals surface area contributed by atoms with Crippen molar-refractivity contribution in [2.75, 3.05) is 5.32 Å². The summed E-state index contributed by atoms with van der Waals surface area (Å²) in [6.45, 7) is 5.77. The van der Waals surface area contributed by atoms with Crippen LogP contribution in [0.5, 0.6) is 11.5 Å². The molecule has 1 unspecified atom stereocenters. The van der Waals surface area contributed by atoms with Gasteiger partial charge in [0.25, 0.3) is 0 Å². The van der Waals surface area contributed by atoms with Gasteiger partial charge in [-0.1, -0.05) is 18.2 Å². The second-order valence-corrected chi connectivity index (χ2v) is 4.93. The number of rotatable bonds is 3. The van der Waals surface area contributed by atoms with Crippen molar-refractivity contribution in [2.24, 2.45) is 0 Å². The predicted octanol–water partition coefficient (Wildman–Crippen LogP) is 3.89. The van der Waals surface area contributed by atoms with Gasteiger partial charge in [0, 0.05) is 17.3 Å². The lowest BCUT2D eigenvalue weighted by Crippen LogP contribution is -2.06. The molecular weight excluding hydrogens is 238 g/mol. The zero-order valence-electron chi connectivity index (χ0n) is 11.4. The van der Waals surface area contributed by atoms with Crippen LogP contribution in [0.4, 0.5) is 5.69 Å². The Morgan fingerprint density at radius 1 is 0.947 bits per heavy atom. The minimum absolute atomic E-state index is 0.0392. The number of phenols is 2. The fourth-order valence-corrected chi connectivity index (χ4v) is 2.05. The Morgan fingerprint density at radius 3 is 2.32 bits per heavy atom. The summed E-state index contributed by atoms with van der Waals surface area (Å²) in [5.41, 5.74) is 3.54. The van der Waals surface area contributed by atoms with Crippen LogP contribution in [0.25, 0.3) is 0 Å². The van der Waals surface area contributed by atoms with Gasteiger partial charge in [-0.3, -0.25) is 0 Å². The zero-order chi connectivity index (χ0) is 14.0. The average molecular weight is 257 g/mol. The van der Waals surface area contributed by atoms with Crippen LogP contribution in [0.3, 0.4) is 0 Å². The van der Waals surface area contributed by atoms with E-state index in [-0.39, 0.29) is 17.5 Å². The molecule has 0 aromatic heterocycles. The van der Waals surface area contributed by atoms with Crippen LogP contribution >= 0.6 is 0 Å². The van der Waals surface area contributed by atoms with Crippen LogP contribution in [-0.2, 0) is 0 Å². The van der Waals surface area contributed by atoms with E-state index in [1.54, 1.807) is 12.1 Å². The van der Waals surface area contributed by atoms with E-state index in [9.17, 15) is 10.2 Å². The molecule has 0 fully saturated rings. The van der Waals surface area contributed by atoms with Gasteiger partial charge in [0.2, 0.25) is 0 Å². The van der Waals surface area contributed by atoms with Gasteiger partial charge in [0.1, 0.15) is 11.5 Å². The third-order valence-electron chi connectivity index (χ3n) is 3.24. The molecule has 0 aliphatic carbocycles. The summed E-state index contributed by atoms with van der Waals surface area (Å²) in [5.74, 6) is 0.557. The second-order valence-electron chi connectivity index (χ2n) is 4.93. The Balaban J connectivity index is 2.20. The van der Waals surface area contributed by atoms with E-state index < -0.39 is 0 Å². The molecule has 100 valence electrons. The van der Waals surface area contributed by atoms with E-state index in [1.807, 2.05) is 45.0 Å². The first-order valence-corrected chi connectivity index (χ1v) is 6.33. The molecule has 3 N–H and O–H groups in total. The largest absolute Gasteiger partial charge is 0.508 e. The monoisotopic (exact) mass is 257 g/mol. The van der Waals surface area contributed by atoms with Crippen molar-refractivity contribution in [1.29, 1.82) is 0 Å². The van der Waals surface area contributed by atoms with Crippen molar-refractivity contribution in [3.63, 3.8) is 0 Å². The van der Waals surface area contributed by atoms with Gasteiger partial charge in [-0.05, 0) is 44.0 Å². The quantitative estimate of drug-likeness (QED) is 0.782. The molecule has 0 bridgehead atoms. The molecule has 0 saturated carbocycles. The topological polar surface area (TPSA) is 52.5 Å². The smallest absolute Gasteiger partial charge is 0.121 e. The van der Waals surface area contributed by atoms with Crippen LogP contribution < -0.4 is 5.32 Å². The van der Waals surface area contributed by atoms with Gasteiger partial charge in [-0.2, -0.15) is 0 Å². The zero-order valence-corrected chi connectivity index (χ0v) is 11.4. The lowest BCUT2D eigenvalue weighted by Gasteiger charge is -2.17. The Hall–Kier alpha value is -2.16. The van der Waals surface area contributed by atoms with E-state index in [2.05, 4.69) is 5.32 Å². The summed E-state index contributed by atoms with van der Waals surface area (Å²) in [6, 6.07) is 11.1. The van der Waals surface area contributed by atoms with E-state index >= 15 is 0 Å². The standard InChI is InChI=1S/C16H19NO2/c1-10-4-7-14(16(19)8-10)12(3)17-13-6-5-11(2)15(18)9-13/h4-9,12,17-19H,1-3H3. The highest BCUT2D eigenvalue weighted by atomic mass is 16.3. The highest BCUT2D eigenvalue weighted by molar-refractivity contribution is 5.53. The predicted molar refractivity (Wildman–Crippen MR) is 77.7 cm³/mol. The van der Waals surface area contributed by atoms with Crippen molar-refractivity contribution in [1.82, 2.24) is 0 Å². The number of phenolic OH excluding ortho intramolecular Hbond substituents is 2. The Kier molecular flexibility index (Phi) is 3.65. The molecule has 19 heavy (non-hydrogen) atoms. The number of anilines is 1. The third kappa shape index (κ3) is 2.99. The highest BCUT2D eigenvalue weighted by Gasteiger charge is 2.10. The molecular formula is C16H19NO2. The lowest BCUT2D eigenvalue weighted by molar-refractivity contribution is 0.465. The fraction of sp³-hybridized carbons (Fsp3) is 0.250. The number of aromatic hydroxyl groups is 2. The molecule has 2 rings (SSSR count). The van der Waals surface area contributed by atoms with E-state index in [1.165, 1.54) is 0 Å². The van der Waals surface area contributed by atoms with Crippen molar-refractivity contribution in [2.45, 2.75) is 26.8 Å². The van der Waals surface area contributed by atoms with Gasteiger partial charge in [0.15, 0.2) is 0 Å². The summed E-state index contributed by atoms with van der Waals surface area (Å²) < 4.78 is 0. The van der Waals surface area contributed by atoms with Crippen LogP contribution in [0.2, 0.25) is 0 Å². The molecule has 2 aromatic rings. The SMILES string of the molecule is Cc1ccc(C(C)Nc2ccc(C)c(O)c2)c(O)c1. The first-order chi connectivity index (χ1) is 8.97. The highest BCUT2D eigenvalue weighted by Crippen LogP contribution is 2.29. The lowest BCUT2D eigenvalue weighted by atomic mass is 10.0. The molecule has 1 atom stereocenters. The molecule has 3 nitrogen and oxygen atoms in total. The minimum atomic E-state index is -0.0392. The second kappa shape index (κ2) is 5.22. The number of benzene rings is 2. The first-order valence-electron chi connectivity index (χ1n) is 6.33. The Bertz CT molecular complexity index is 593. The van der Waals surface area contributed by atoms with E-state index in [0.717, 1.165) is 22.4 Å². The summed E-state index contributed by atoms with van der Waals surface area (Å²) in [7, 11) is 0. The number of hydrogen-bond acceptors (Lipinski definition) is 3. The summed E-state index contributed by atoms with van der Waals surface area (Å²) in [6.07, 6.45) is 0. The molecule has 0 saturated heterocycles. The number of nitrogens with one attached hydrogen (secondary N) is 1. The summed E-state index contributed by atoms with van der Waals surface area (Å²) >= 11 is 0. The number of aryl methyl sites for hydroxylation is 2. The van der Waals surface area contributed by atoms with Gasteiger partial charge >= 0.3 is 0 Å². The third-order valence-corrected chi connectivity index (χ3v) is 3.24. The van der Waals surface area contributed by atoms with E-state index in [0.29, 0.717) is 0 Å². The molecule has 0 spiro atoms. The van der Waals surface area contributed by atoms with Crippen molar-refractivity contribution in [3.05, 3.63) is 53.1 Å². The normalized spacial score (nSPS) is 12.2. The fourth-order valence-electron chi connectivity index (χ4n) is 2.05. The first kappa shape index (κ1) is 13.3. The van der Waals surface area contributed by atoms with Crippen molar-refractivity contribution >= 4 is 5.69 Å². The Labute approximate surface area is 113 Å². The van der Waals surface area contributed by atoms with E-state index in [4.69, 9.17) is 0 Å². The summed E-state index contributed by atoms with van der Waals surface area (Å²) in [4.78, 5) is 0. The van der Waals surface area contributed by atoms with Crippen molar-refractivity contribution in [3.8, 4) is 11.5 Å². The maximum atomic E-state index is 9.95. The molecule has 0 radical (unpaired) electrons. The van der Waals surface area contributed by atoms with Crippen molar-refractivity contribution < 1.29 is 10.2 Å². The maximum Gasteiger partial charge on any atom is 0.121 e. The molecule has 0 heterocycles. The molecule has 0 aliphatic rings. The average Bonchev–Trinajstić information content (AvgIpc) is 2.33.